The van der Waals surface area contributed by atoms with Crippen molar-refractivity contribution in [2.75, 3.05) is 17.2 Å². The molecule has 0 aliphatic carbocycles. The second kappa shape index (κ2) is 7.61. The second-order valence-corrected chi connectivity index (χ2v) is 4.49. The maximum absolute atomic E-state index is 12.0. The van der Waals surface area contributed by atoms with Crippen molar-refractivity contribution >= 4 is 23.2 Å². The van der Waals surface area contributed by atoms with Gasteiger partial charge in [0.05, 0.1) is 23.5 Å². The summed E-state index contributed by atoms with van der Waals surface area (Å²) in [7, 11) is 0. The Labute approximate surface area is 133 Å². The van der Waals surface area contributed by atoms with Crippen LogP contribution in [0.25, 0.3) is 0 Å². The average molecular weight is 309 g/mol. The van der Waals surface area contributed by atoms with Gasteiger partial charge in [-0.1, -0.05) is 24.3 Å². The standard InChI is InChI=1S/C17H15N3O3/c1-2-23-15-10-6-5-9-14(15)20-17(22)16(21)19-13-8-4-3-7-12(13)11-18/h3-10H,2H2,1H3,(H,19,21)(H,20,22). The lowest BCUT2D eigenvalue weighted by Crippen LogP contribution is -2.29. The van der Waals surface area contributed by atoms with Crippen molar-refractivity contribution < 1.29 is 14.3 Å². The van der Waals surface area contributed by atoms with E-state index in [-0.39, 0.29) is 11.3 Å². The van der Waals surface area contributed by atoms with Crippen LogP contribution in [-0.4, -0.2) is 18.4 Å². The summed E-state index contributed by atoms with van der Waals surface area (Å²) in [5, 5.41) is 13.9. The molecular formula is C17H15N3O3. The summed E-state index contributed by atoms with van der Waals surface area (Å²) in [6.07, 6.45) is 0. The van der Waals surface area contributed by atoms with E-state index in [4.69, 9.17) is 10.00 Å². The Kier molecular flexibility index (Phi) is 5.31. The van der Waals surface area contributed by atoms with Gasteiger partial charge in [-0.2, -0.15) is 5.26 Å². The number of nitriles is 1. The van der Waals surface area contributed by atoms with Gasteiger partial charge in [0.15, 0.2) is 0 Å². The largest absolute Gasteiger partial charge is 0.492 e. The highest BCUT2D eigenvalue weighted by atomic mass is 16.5. The molecule has 2 N–H and O–H groups in total. The number of para-hydroxylation sites is 3. The minimum Gasteiger partial charge on any atom is -0.492 e. The zero-order valence-corrected chi connectivity index (χ0v) is 12.5. The van der Waals surface area contributed by atoms with Crippen LogP contribution in [0.5, 0.6) is 5.75 Å². The smallest absolute Gasteiger partial charge is 0.314 e. The third kappa shape index (κ3) is 4.08. The van der Waals surface area contributed by atoms with Crippen LogP contribution >= 0.6 is 0 Å². The average Bonchev–Trinajstić information content (AvgIpc) is 2.57. The molecule has 2 amide bonds. The predicted molar refractivity (Wildman–Crippen MR) is 86.0 cm³/mol. The molecule has 2 aromatic carbocycles. The van der Waals surface area contributed by atoms with Gasteiger partial charge in [0.1, 0.15) is 11.8 Å². The zero-order valence-electron chi connectivity index (χ0n) is 12.5. The lowest BCUT2D eigenvalue weighted by atomic mass is 10.2. The molecule has 0 saturated heterocycles. The fourth-order valence-electron chi connectivity index (χ4n) is 1.90. The number of anilines is 2. The number of rotatable bonds is 4. The fourth-order valence-corrected chi connectivity index (χ4v) is 1.90. The van der Waals surface area contributed by atoms with E-state index in [9.17, 15) is 9.59 Å². The predicted octanol–water partition coefficient (Wildman–Crippen LogP) is 2.53. The van der Waals surface area contributed by atoms with E-state index in [1.807, 2.05) is 13.0 Å². The van der Waals surface area contributed by atoms with Crippen LogP contribution in [-0.2, 0) is 9.59 Å². The maximum atomic E-state index is 12.0. The first-order chi connectivity index (χ1) is 11.2. The highest BCUT2D eigenvalue weighted by molar-refractivity contribution is 6.43. The van der Waals surface area contributed by atoms with E-state index < -0.39 is 11.8 Å². The van der Waals surface area contributed by atoms with Crippen molar-refractivity contribution in [2.24, 2.45) is 0 Å². The number of amides is 2. The summed E-state index contributed by atoms with van der Waals surface area (Å²) in [4.78, 5) is 24.0. The molecule has 0 bridgehead atoms. The second-order valence-electron chi connectivity index (χ2n) is 4.49. The van der Waals surface area contributed by atoms with Crippen molar-refractivity contribution in [1.82, 2.24) is 0 Å². The number of benzene rings is 2. The van der Waals surface area contributed by atoms with Crippen LogP contribution in [0.15, 0.2) is 48.5 Å². The SMILES string of the molecule is CCOc1ccccc1NC(=O)C(=O)Nc1ccccc1C#N. The lowest BCUT2D eigenvalue weighted by molar-refractivity contribution is -0.133. The van der Waals surface area contributed by atoms with E-state index in [0.717, 1.165) is 0 Å². The molecule has 6 heteroatoms. The normalized spacial score (nSPS) is 9.57. The Morgan fingerprint density at radius 3 is 2.22 bits per heavy atom. The molecule has 0 radical (unpaired) electrons. The summed E-state index contributed by atoms with van der Waals surface area (Å²) < 4.78 is 5.38. The molecule has 0 spiro atoms. The number of nitrogens with zero attached hydrogens (tertiary/aromatic N) is 1. The Hall–Kier alpha value is -3.33. The molecule has 0 fully saturated rings. The first kappa shape index (κ1) is 16.0. The number of hydrogen-bond donors (Lipinski definition) is 2. The van der Waals surface area contributed by atoms with Crippen LogP contribution in [0.4, 0.5) is 11.4 Å². The molecule has 0 aliphatic rings. The summed E-state index contributed by atoms with van der Waals surface area (Å²) >= 11 is 0. The Morgan fingerprint density at radius 2 is 1.57 bits per heavy atom. The Bertz CT molecular complexity index is 766. The van der Waals surface area contributed by atoms with Gasteiger partial charge in [-0.05, 0) is 31.2 Å². The van der Waals surface area contributed by atoms with E-state index in [1.165, 1.54) is 0 Å². The van der Waals surface area contributed by atoms with Crippen molar-refractivity contribution in [2.45, 2.75) is 6.92 Å². The summed E-state index contributed by atoms with van der Waals surface area (Å²) in [5.74, 6) is -1.22. The van der Waals surface area contributed by atoms with Crippen LogP contribution in [0.2, 0.25) is 0 Å². The lowest BCUT2D eigenvalue weighted by Gasteiger charge is -2.11. The van der Waals surface area contributed by atoms with Gasteiger partial charge in [0.25, 0.3) is 0 Å². The maximum Gasteiger partial charge on any atom is 0.314 e. The number of carbonyl (C=O) groups is 2. The summed E-state index contributed by atoms with van der Waals surface area (Å²) in [5.41, 5.74) is 0.972. The third-order valence-corrected chi connectivity index (χ3v) is 2.94. The molecule has 0 saturated carbocycles. The number of hydrogen-bond acceptors (Lipinski definition) is 4. The number of nitrogens with one attached hydrogen (secondary N) is 2. The van der Waals surface area contributed by atoms with Gasteiger partial charge in [-0.25, -0.2) is 0 Å². The van der Waals surface area contributed by atoms with Crippen LogP contribution in [0, 0.1) is 11.3 Å². The Balaban J connectivity index is 2.09. The molecule has 6 nitrogen and oxygen atoms in total. The van der Waals surface area contributed by atoms with Crippen molar-refractivity contribution in [3.05, 3.63) is 54.1 Å². The minimum absolute atomic E-state index is 0.281. The molecule has 2 rings (SSSR count). The highest BCUT2D eigenvalue weighted by Crippen LogP contribution is 2.23. The van der Waals surface area contributed by atoms with Crippen LogP contribution in [0.1, 0.15) is 12.5 Å². The van der Waals surface area contributed by atoms with Crippen molar-refractivity contribution in [3.63, 3.8) is 0 Å². The van der Waals surface area contributed by atoms with E-state index in [1.54, 1.807) is 48.5 Å². The molecule has 0 atom stereocenters. The number of ether oxygens (including phenoxy) is 1. The Morgan fingerprint density at radius 1 is 1.00 bits per heavy atom. The highest BCUT2D eigenvalue weighted by Gasteiger charge is 2.17. The van der Waals surface area contributed by atoms with Gasteiger partial charge in [-0.3, -0.25) is 9.59 Å². The van der Waals surface area contributed by atoms with Gasteiger partial charge < -0.3 is 15.4 Å². The third-order valence-electron chi connectivity index (χ3n) is 2.94. The van der Waals surface area contributed by atoms with E-state index in [0.29, 0.717) is 18.0 Å². The minimum atomic E-state index is -0.862. The van der Waals surface area contributed by atoms with E-state index >= 15 is 0 Å². The molecule has 0 heterocycles. The van der Waals surface area contributed by atoms with Crippen LogP contribution < -0.4 is 15.4 Å². The first-order valence-corrected chi connectivity index (χ1v) is 6.99. The molecule has 2 aromatic rings. The number of carbonyl (C=O) groups excluding carboxylic acids is 2. The molecule has 0 aromatic heterocycles. The first-order valence-electron chi connectivity index (χ1n) is 6.99. The fraction of sp³-hybridized carbons (Fsp3) is 0.118. The monoisotopic (exact) mass is 309 g/mol. The van der Waals surface area contributed by atoms with E-state index in [2.05, 4.69) is 10.6 Å². The quantitative estimate of drug-likeness (QED) is 0.849. The van der Waals surface area contributed by atoms with Gasteiger partial charge >= 0.3 is 11.8 Å². The molecule has 23 heavy (non-hydrogen) atoms. The van der Waals surface area contributed by atoms with Crippen LogP contribution in [0.3, 0.4) is 0 Å². The molecule has 0 aliphatic heterocycles. The molecule has 0 unspecified atom stereocenters. The van der Waals surface area contributed by atoms with Gasteiger partial charge in [0.2, 0.25) is 0 Å². The molecular weight excluding hydrogens is 294 g/mol. The zero-order chi connectivity index (χ0) is 16.7. The van der Waals surface area contributed by atoms with Gasteiger partial charge in [0, 0.05) is 0 Å². The molecule has 116 valence electrons. The summed E-state index contributed by atoms with van der Waals surface area (Å²) in [6, 6.07) is 15.2. The topological polar surface area (TPSA) is 91.2 Å². The van der Waals surface area contributed by atoms with Gasteiger partial charge in [-0.15, -0.1) is 0 Å². The van der Waals surface area contributed by atoms with Crippen molar-refractivity contribution in [1.29, 1.82) is 5.26 Å². The van der Waals surface area contributed by atoms with Crippen molar-refractivity contribution in [3.8, 4) is 11.8 Å². The summed E-state index contributed by atoms with van der Waals surface area (Å²) in [6.45, 7) is 2.26.